The monoisotopic (exact) mass is 347 g/mol. The Bertz CT molecular complexity index is 687. The molecule has 0 radical (unpaired) electrons. The number of hydrogen-bond acceptors (Lipinski definition) is 3. The molecule has 1 aliphatic heterocycles. The van der Waals surface area contributed by atoms with E-state index >= 15 is 0 Å². The fraction of sp³-hybridized carbons (Fsp3) is 0.188. The van der Waals surface area contributed by atoms with Crippen molar-refractivity contribution in [3.05, 3.63) is 58.1 Å². The van der Waals surface area contributed by atoms with E-state index in [9.17, 15) is 9.90 Å². The summed E-state index contributed by atoms with van der Waals surface area (Å²) >= 11 is 3.33. The Balaban J connectivity index is 2.02. The van der Waals surface area contributed by atoms with Crippen LogP contribution in [0.5, 0.6) is 5.75 Å². The maximum atomic E-state index is 11.5. The van der Waals surface area contributed by atoms with Crippen molar-refractivity contribution in [1.82, 2.24) is 0 Å². The summed E-state index contributed by atoms with van der Waals surface area (Å²) in [6.07, 6.45) is 0. The second-order valence-electron chi connectivity index (χ2n) is 4.82. The largest absolute Gasteiger partial charge is 0.491 e. The van der Waals surface area contributed by atoms with Crippen LogP contribution in [0.1, 0.15) is 15.9 Å². The number of ether oxygens (including phenoxy) is 1. The first-order chi connectivity index (χ1) is 10.2. The van der Waals surface area contributed by atoms with Gasteiger partial charge in [0, 0.05) is 16.6 Å². The first-order valence-corrected chi connectivity index (χ1v) is 7.43. The third kappa shape index (κ3) is 2.74. The molecular weight excluding hydrogens is 334 g/mol. The highest BCUT2D eigenvalue weighted by Gasteiger charge is 2.21. The average molecular weight is 348 g/mol. The van der Waals surface area contributed by atoms with Gasteiger partial charge in [-0.05, 0) is 34.1 Å². The molecule has 0 unspecified atom stereocenters. The number of aromatic carboxylic acids is 1. The molecule has 0 bridgehead atoms. The van der Waals surface area contributed by atoms with Gasteiger partial charge < -0.3 is 14.7 Å². The number of carbonyl (C=O) groups is 1. The van der Waals surface area contributed by atoms with E-state index < -0.39 is 5.97 Å². The van der Waals surface area contributed by atoms with Crippen molar-refractivity contribution in [3.63, 3.8) is 0 Å². The van der Waals surface area contributed by atoms with E-state index in [1.54, 1.807) is 6.07 Å². The van der Waals surface area contributed by atoms with Crippen LogP contribution >= 0.6 is 15.9 Å². The number of rotatable bonds is 2. The molecule has 0 atom stereocenters. The van der Waals surface area contributed by atoms with Gasteiger partial charge in [0.15, 0.2) is 0 Å². The van der Waals surface area contributed by atoms with Crippen LogP contribution in [0.15, 0.2) is 46.9 Å². The van der Waals surface area contributed by atoms with E-state index in [1.165, 1.54) is 0 Å². The first kappa shape index (κ1) is 13.9. The molecule has 0 saturated heterocycles. The van der Waals surface area contributed by atoms with Crippen LogP contribution in [-0.2, 0) is 6.54 Å². The molecule has 0 aromatic heterocycles. The minimum absolute atomic E-state index is 0.289. The number of fused-ring (bicyclic) bond motifs is 1. The van der Waals surface area contributed by atoms with Gasteiger partial charge in [0.1, 0.15) is 12.4 Å². The van der Waals surface area contributed by atoms with E-state index in [4.69, 9.17) is 4.74 Å². The van der Waals surface area contributed by atoms with Crippen molar-refractivity contribution in [3.8, 4) is 5.75 Å². The topological polar surface area (TPSA) is 49.8 Å². The molecule has 0 saturated carbocycles. The molecule has 0 spiro atoms. The van der Waals surface area contributed by atoms with E-state index in [1.807, 2.05) is 41.3 Å². The van der Waals surface area contributed by atoms with Crippen molar-refractivity contribution >= 4 is 27.6 Å². The van der Waals surface area contributed by atoms with Gasteiger partial charge in [0.25, 0.3) is 0 Å². The Morgan fingerprint density at radius 3 is 2.81 bits per heavy atom. The fourth-order valence-electron chi connectivity index (χ4n) is 2.52. The van der Waals surface area contributed by atoms with Crippen LogP contribution in [0, 0.1) is 0 Å². The van der Waals surface area contributed by atoms with Gasteiger partial charge in [0.2, 0.25) is 0 Å². The molecule has 1 aliphatic rings. The van der Waals surface area contributed by atoms with Crippen LogP contribution in [0.2, 0.25) is 0 Å². The molecule has 0 fully saturated rings. The molecule has 2 aromatic carbocycles. The summed E-state index contributed by atoms with van der Waals surface area (Å²) < 4.78 is 6.32. The van der Waals surface area contributed by atoms with Crippen LogP contribution in [0.25, 0.3) is 0 Å². The van der Waals surface area contributed by atoms with Crippen molar-refractivity contribution in [2.24, 2.45) is 0 Å². The predicted molar refractivity (Wildman–Crippen MR) is 84.1 cm³/mol. The second-order valence-corrected chi connectivity index (χ2v) is 5.67. The van der Waals surface area contributed by atoms with Crippen LogP contribution in [0.3, 0.4) is 0 Å². The molecule has 4 nitrogen and oxygen atoms in total. The number of benzene rings is 2. The van der Waals surface area contributed by atoms with Crippen LogP contribution in [0.4, 0.5) is 5.69 Å². The third-order valence-electron chi connectivity index (χ3n) is 3.50. The number of anilines is 1. The van der Waals surface area contributed by atoms with Gasteiger partial charge in [-0.15, -0.1) is 0 Å². The van der Waals surface area contributed by atoms with Crippen molar-refractivity contribution < 1.29 is 14.6 Å². The standard InChI is InChI=1S/C16H14BrNO3/c17-12-5-3-6-13(15(12)16(19)20)18-8-9-21-14-7-2-1-4-11(14)10-18/h1-7H,8-10H2,(H,19,20). The average Bonchev–Trinajstić information content (AvgIpc) is 2.68. The van der Waals surface area contributed by atoms with E-state index in [0.717, 1.165) is 11.3 Å². The number of carboxylic acid groups (broad SMARTS) is 1. The maximum absolute atomic E-state index is 11.5. The Morgan fingerprint density at radius 1 is 1.19 bits per heavy atom. The number of halogens is 1. The lowest BCUT2D eigenvalue weighted by atomic mass is 10.1. The van der Waals surface area contributed by atoms with Gasteiger partial charge in [-0.25, -0.2) is 4.79 Å². The molecule has 0 amide bonds. The highest BCUT2D eigenvalue weighted by molar-refractivity contribution is 9.10. The van der Waals surface area contributed by atoms with Crippen molar-refractivity contribution in [2.45, 2.75) is 6.54 Å². The Labute approximate surface area is 131 Å². The minimum atomic E-state index is -0.934. The Hall–Kier alpha value is -2.01. The predicted octanol–water partition coefficient (Wildman–Crippen LogP) is 3.55. The SMILES string of the molecule is O=C(O)c1c(Br)cccc1N1CCOc2ccccc2C1. The summed E-state index contributed by atoms with van der Waals surface area (Å²) in [6.45, 7) is 1.81. The van der Waals surface area contributed by atoms with Gasteiger partial charge >= 0.3 is 5.97 Å². The lowest BCUT2D eigenvalue weighted by molar-refractivity contribution is 0.0696. The highest BCUT2D eigenvalue weighted by Crippen LogP contribution is 2.31. The molecule has 0 aliphatic carbocycles. The summed E-state index contributed by atoms with van der Waals surface area (Å²) in [5.74, 6) is -0.0669. The van der Waals surface area contributed by atoms with E-state index in [-0.39, 0.29) is 5.56 Å². The third-order valence-corrected chi connectivity index (χ3v) is 4.16. The molecule has 1 heterocycles. The number of carboxylic acids is 1. The zero-order valence-electron chi connectivity index (χ0n) is 11.3. The zero-order chi connectivity index (χ0) is 14.8. The van der Waals surface area contributed by atoms with Crippen LogP contribution < -0.4 is 9.64 Å². The lowest BCUT2D eigenvalue weighted by Gasteiger charge is -2.24. The molecular formula is C16H14BrNO3. The number of hydrogen-bond donors (Lipinski definition) is 1. The van der Waals surface area contributed by atoms with E-state index in [2.05, 4.69) is 15.9 Å². The zero-order valence-corrected chi connectivity index (χ0v) is 12.8. The maximum Gasteiger partial charge on any atom is 0.338 e. The summed E-state index contributed by atoms with van der Waals surface area (Å²) in [4.78, 5) is 13.6. The lowest BCUT2D eigenvalue weighted by Crippen LogP contribution is -2.27. The summed E-state index contributed by atoms with van der Waals surface area (Å²) in [5.41, 5.74) is 2.06. The summed E-state index contributed by atoms with van der Waals surface area (Å²) in [7, 11) is 0. The van der Waals surface area contributed by atoms with Gasteiger partial charge in [-0.2, -0.15) is 0 Å². The summed E-state index contributed by atoms with van der Waals surface area (Å²) in [5, 5.41) is 9.45. The molecule has 1 N–H and O–H groups in total. The molecule has 5 heteroatoms. The van der Waals surface area contributed by atoms with E-state index in [0.29, 0.717) is 29.9 Å². The first-order valence-electron chi connectivity index (χ1n) is 6.64. The number of para-hydroxylation sites is 1. The molecule has 3 rings (SSSR count). The van der Waals surface area contributed by atoms with Crippen LogP contribution in [-0.4, -0.2) is 24.2 Å². The highest BCUT2D eigenvalue weighted by atomic mass is 79.9. The van der Waals surface area contributed by atoms with Gasteiger partial charge in [-0.1, -0.05) is 24.3 Å². The fourth-order valence-corrected chi connectivity index (χ4v) is 3.04. The Kier molecular flexibility index (Phi) is 3.84. The second kappa shape index (κ2) is 5.77. The summed E-state index contributed by atoms with van der Waals surface area (Å²) in [6, 6.07) is 13.3. The molecule has 21 heavy (non-hydrogen) atoms. The van der Waals surface area contributed by atoms with Gasteiger partial charge in [0.05, 0.1) is 17.8 Å². The minimum Gasteiger partial charge on any atom is -0.491 e. The van der Waals surface area contributed by atoms with Crippen molar-refractivity contribution in [1.29, 1.82) is 0 Å². The normalized spacial score (nSPS) is 14.0. The Morgan fingerprint density at radius 2 is 2.00 bits per heavy atom. The smallest absolute Gasteiger partial charge is 0.338 e. The number of nitrogens with zero attached hydrogens (tertiary/aromatic N) is 1. The van der Waals surface area contributed by atoms with Gasteiger partial charge in [-0.3, -0.25) is 0 Å². The molecule has 2 aromatic rings. The quantitative estimate of drug-likeness (QED) is 0.902. The van der Waals surface area contributed by atoms with Crippen molar-refractivity contribution in [2.75, 3.05) is 18.1 Å². The molecule has 108 valence electrons.